The lowest BCUT2D eigenvalue weighted by Gasteiger charge is -2.21. The second-order valence-electron chi connectivity index (χ2n) is 10.1. The zero-order chi connectivity index (χ0) is 25.2. The summed E-state index contributed by atoms with van der Waals surface area (Å²) in [6, 6.07) is 15.5. The molecule has 192 valence electrons. The van der Waals surface area contributed by atoms with Gasteiger partial charge in [-0.25, -0.2) is 4.99 Å². The molecule has 2 N–H and O–H groups in total. The Hall–Kier alpha value is -3.15. The minimum absolute atomic E-state index is 0.0636. The molecule has 0 aromatic heterocycles. The number of aliphatic imine (C=N–C) groups is 1. The molecule has 1 aliphatic heterocycles. The minimum Gasteiger partial charge on any atom is -0.481 e. The van der Waals surface area contributed by atoms with Crippen molar-refractivity contribution in [1.82, 2.24) is 5.32 Å². The van der Waals surface area contributed by atoms with E-state index >= 15 is 0 Å². The van der Waals surface area contributed by atoms with E-state index in [1.807, 2.05) is 42.5 Å². The van der Waals surface area contributed by atoms with Gasteiger partial charge in [0.25, 0.3) is 0 Å². The van der Waals surface area contributed by atoms with Crippen molar-refractivity contribution in [2.75, 3.05) is 13.2 Å². The van der Waals surface area contributed by atoms with E-state index in [1.54, 1.807) is 0 Å². The lowest BCUT2D eigenvalue weighted by Crippen LogP contribution is -2.34. The molecular weight excluding hydrogens is 452 g/mol. The van der Waals surface area contributed by atoms with Crippen LogP contribution in [-0.4, -0.2) is 42.1 Å². The first-order valence-electron chi connectivity index (χ1n) is 13.4. The molecule has 2 aromatic carbocycles. The van der Waals surface area contributed by atoms with Gasteiger partial charge < -0.3 is 15.2 Å². The number of nitrogens with one attached hydrogen (secondary N) is 1. The van der Waals surface area contributed by atoms with Gasteiger partial charge in [-0.05, 0) is 47.9 Å². The fourth-order valence-electron chi connectivity index (χ4n) is 5.27. The van der Waals surface area contributed by atoms with Gasteiger partial charge in [-0.3, -0.25) is 9.59 Å². The lowest BCUT2D eigenvalue weighted by atomic mass is 9.86. The van der Waals surface area contributed by atoms with Crippen LogP contribution in [-0.2, 0) is 27.2 Å². The standard InChI is InChI=1S/C30H38N2O4/c33-28(34)17-16-23-12-8-13-24(19-23)20-25-14-4-5-15-26(25)30-32-27(21-36-30)29(35)31-18-7-6-11-22-9-2-1-3-10-22/h4-5,8,12-15,19,22,27H,1-3,6-7,9-11,16-18,20-21H2,(H,31,35)(H,33,34). The molecule has 4 rings (SSSR count). The van der Waals surface area contributed by atoms with E-state index in [-0.39, 0.29) is 18.9 Å². The monoisotopic (exact) mass is 490 g/mol. The van der Waals surface area contributed by atoms with Crippen molar-refractivity contribution in [2.45, 2.75) is 76.7 Å². The molecule has 1 aliphatic carbocycles. The van der Waals surface area contributed by atoms with Gasteiger partial charge in [-0.2, -0.15) is 0 Å². The van der Waals surface area contributed by atoms with E-state index in [0.29, 0.717) is 25.3 Å². The number of carboxylic acid groups (broad SMARTS) is 1. The second-order valence-corrected chi connectivity index (χ2v) is 10.1. The number of carboxylic acids is 1. The van der Waals surface area contributed by atoms with Crippen molar-refractivity contribution in [1.29, 1.82) is 0 Å². The molecule has 1 heterocycles. The minimum atomic E-state index is -0.792. The van der Waals surface area contributed by atoms with Gasteiger partial charge in [0.1, 0.15) is 6.61 Å². The summed E-state index contributed by atoms with van der Waals surface area (Å²) >= 11 is 0. The summed E-state index contributed by atoms with van der Waals surface area (Å²) in [4.78, 5) is 28.2. The molecule has 1 fully saturated rings. The number of benzene rings is 2. The predicted molar refractivity (Wildman–Crippen MR) is 141 cm³/mol. The van der Waals surface area contributed by atoms with Crippen molar-refractivity contribution in [3.05, 3.63) is 70.8 Å². The molecule has 0 bridgehead atoms. The first-order valence-corrected chi connectivity index (χ1v) is 13.4. The maximum absolute atomic E-state index is 12.7. The number of amides is 1. The second kappa shape index (κ2) is 13.2. The summed E-state index contributed by atoms with van der Waals surface area (Å²) in [7, 11) is 0. The maximum atomic E-state index is 12.7. The highest BCUT2D eigenvalue weighted by Crippen LogP contribution is 2.27. The molecule has 1 saturated carbocycles. The van der Waals surface area contributed by atoms with Crippen LogP contribution in [0, 0.1) is 5.92 Å². The third-order valence-electron chi connectivity index (χ3n) is 7.28. The Labute approximate surface area is 214 Å². The first-order chi connectivity index (χ1) is 17.6. The van der Waals surface area contributed by atoms with Gasteiger partial charge in [0.05, 0.1) is 0 Å². The molecule has 6 nitrogen and oxygen atoms in total. The average molecular weight is 491 g/mol. The van der Waals surface area contributed by atoms with Gasteiger partial charge in [0, 0.05) is 18.5 Å². The molecule has 1 amide bonds. The first kappa shape index (κ1) is 25.9. The van der Waals surface area contributed by atoms with Crippen LogP contribution >= 0.6 is 0 Å². The Balaban J connectivity index is 1.30. The van der Waals surface area contributed by atoms with Gasteiger partial charge >= 0.3 is 5.97 Å². The maximum Gasteiger partial charge on any atom is 0.303 e. The predicted octanol–water partition coefficient (Wildman–Crippen LogP) is 5.31. The molecule has 1 atom stereocenters. The zero-order valence-corrected chi connectivity index (χ0v) is 21.1. The van der Waals surface area contributed by atoms with Gasteiger partial charge in [0.2, 0.25) is 11.8 Å². The number of hydrogen-bond donors (Lipinski definition) is 2. The number of ether oxygens (including phenoxy) is 1. The SMILES string of the molecule is O=C(O)CCc1cccc(Cc2ccccc2C2=NC(C(=O)NCCCCC3CCCCC3)CO2)c1. The van der Waals surface area contributed by atoms with Gasteiger partial charge in [-0.15, -0.1) is 0 Å². The third kappa shape index (κ3) is 7.67. The van der Waals surface area contributed by atoms with E-state index in [9.17, 15) is 9.59 Å². The number of aliphatic carboxylic acids is 1. The number of unbranched alkanes of at least 4 members (excludes halogenated alkanes) is 1. The molecule has 36 heavy (non-hydrogen) atoms. The van der Waals surface area contributed by atoms with E-state index in [0.717, 1.165) is 34.6 Å². The van der Waals surface area contributed by atoms with Crippen LogP contribution in [0.15, 0.2) is 53.5 Å². The largest absolute Gasteiger partial charge is 0.481 e. The molecule has 2 aromatic rings. The van der Waals surface area contributed by atoms with Crippen molar-refractivity contribution >= 4 is 17.8 Å². The Kier molecular flexibility index (Phi) is 9.54. The molecule has 0 radical (unpaired) electrons. The van der Waals surface area contributed by atoms with Crippen molar-refractivity contribution in [2.24, 2.45) is 10.9 Å². The van der Waals surface area contributed by atoms with Gasteiger partial charge in [0.15, 0.2) is 6.04 Å². The van der Waals surface area contributed by atoms with Crippen molar-refractivity contribution < 1.29 is 19.4 Å². The highest BCUT2D eigenvalue weighted by molar-refractivity contribution is 5.99. The van der Waals surface area contributed by atoms with Crippen LogP contribution in [0.2, 0.25) is 0 Å². The number of rotatable bonds is 12. The van der Waals surface area contributed by atoms with E-state index in [1.165, 1.54) is 44.9 Å². The van der Waals surface area contributed by atoms with Crippen molar-refractivity contribution in [3.8, 4) is 0 Å². The molecule has 0 saturated heterocycles. The fourth-order valence-corrected chi connectivity index (χ4v) is 5.27. The van der Waals surface area contributed by atoms with Gasteiger partial charge in [-0.1, -0.05) is 87.4 Å². The highest BCUT2D eigenvalue weighted by atomic mass is 16.5. The zero-order valence-electron chi connectivity index (χ0n) is 21.1. The van der Waals surface area contributed by atoms with Crippen LogP contribution in [0.3, 0.4) is 0 Å². The molecule has 2 aliphatic rings. The van der Waals surface area contributed by atoms with Crippen LogP contribution in [0.25, 0.3) is 0 Å². The summed E-state index contributed by atoms with van der Waals surface area (Å²) in [5.74, 6) is 0.550. The summed E-state index contributed by atoms with van der Waals surface area (Å²) in [6.45, 7) is 0.962. The van der Waals surface area contributed by atoms with E-state index in [4.69, 9.17) is 9.84 Å². The van der Waals surface area contributed by atoms with Crippen LogP contribution in [0.4, 0.5) is 0 Å². The molecule has 1 unspecified atom stereocenters. The fraction of sp³-hybridized carbons (Fsp3) is 0.500. The van der Waals surface area contributed by atoms with Crippen LogP contribution in [0.5, 0.6) is 0 Å². The van der Waals surface area contributed by atoms with Crippen LogP contribution < -0.4 is 5.32 Å². The number of carbonyl (C=O) groups excluding carboxylic acids is 1. The number of nitrogens with zero attached hydrogens (tertiary/aromatic N) is 1. The summed E-state index contributed by atoms with van der Waals surface area (Å²) in [6.07, 6.45) is 11.7. The van der Waals surface area contributed by atoms with E-state index in [2.05, 4.69) is 16.4 Å². The van der Waals surface area contributed by atoms with Crippen molar-refractivity contribution in [3.63, 3.8) is 0 Å². The Morgan fingerprint density at radius 3 is 2.64 bits per heavy atom. The third-order valence-corrected chi connectivity index (χ3v) is 7.28. The normalized spacial score (nSPS) is 17.9. The highest BCUT2D eigenvalue weighted by Gasteiger charge is 2.27. The summed E-state index contributed by atoms with van der Waals surface area (Å²) in [5, 5.41) is 12.0. The average Bonchev–Trinajstić information content (AvgIpc) is 3.39. The van der Waals surface area contributed by atoms with Crippen LogP contribution in [0.1, 0.15) is 80.0 Å². The Bertz CT molecular complexity index is 1060. The molecule has 0 spiro atoms. The quantitative estimate of drug-likeness (QED) is 0.395. The summed E-state index contributed by atoms with van der Waals surface area (Å²) in [5.41, 5.74) is 4.08. The lowest BCUT2D eigenvalue weighted by molar-refractivity contribution is -0.137. The smallest absolute Gasteiger partial charge is 0.303 e. The topological polar surface area (TPSA) is 88.0 Å². The number of carbonyl (C=O) groups is 2. The Morgan fingerprint density at radius 1 is 1.00 bits per heavy atom. The number of hydrogen-bond acceptors (Lipinski definition) is 4. The van der Waals surface area contributed by atoms with E-state index < -0.39 is 12.0 Å². The summed E-state index contributed by atoms with van der Waals surface area (Å²) < 4.78 is 5.87. The Morgan fingerprint density at radius 2 is 1.81 bits per heavy atom. The molecular formula is C30H38N2O4. The molecule has 6 heteroatoms. The number of aryl methyl sites for hydroxylation is 1.